The van der Waals surface area contributed by atoms with Gasteiger partial charge in [-0.05, 0) is 18.2 Å². The second kappa shape index (κ2) is 9.59. The second-order valence-corrected chi connectivity index (χ2v) is 8.31. The zero-order chi connectivity index (χ0) is 24.3. The number of carbonyl (C=O) groups excluding carboxylic acids is 1. The number of fused-ring (bicyclic) bond motifs is 1. The fourth-order valence-electron chi connectivity index (χ4n) is 4.28. The molecule has 36 heavy (non-hydrogen) atoms. The minimum atomic E-state index is -0.978. The van der Waals surface area contributed by atoms with Crippen LogP contribution in [0.1, 0.15) is 11.1 Å². The van der Waals surface area contributed by atoms with Gasteiger partial charge in [0.2, 0.25) is 6.17 Å². The third-order valence-electron chi connectivity index (χ3n) is 6.01. The van der Waals surface area contributed by atoms with Crippen LogP contribution < -0.4 is 15.5 Å². The van der Waals surface area contributed by atoms with Crippen LogP contribution in [0.25, 0.3) is 11.5 Å². The van der Waals surface area contributed by atoms with Gasteiger partial charge in [0.1, 0.15) is 5.82 Å². The van der Waals surface area contributed by atoms with E-state index in [0.717, 1.165) is 30.0 Å². The van der Waals surface area contributed by atoms with E-state index in [1.54, 1.807) is 6.20 Å². The van der Waals surface area contributed by atoms with Gasteiger partial charge in [-0.2, -0.15) is 0 Å². The number of para-hydroxylation sites is 1. The number of morpholine rings is 1. The number of hydrogen-bond donors (Lipinski definition) is 2. The van der Waals surface area contributed by atoms with Crippen molar-refractivity contribution >= 4 is 29.1 Å². The monoisotopic (exact) mass is 481 g/mol. The number of nitrogens with one attached hydrogen (secondary N) is 2. The summed E-state index contributed by atoms with van der Waals surface area (Å²) < 4.78 is 11.4. The van der Waals surface area contributed by atoms with E-state index in [2.05, 4.69) is 30.7 Å². The summed E-state index contributed by atoms with van der Waals surface area (Å²) in [6.45, 7) is 2.72. The van der Waals surface area contributed by atoms with E-state index in [9.17, 15) is 4.79 Å². The number of rotatable bonds is 5. The van der Waals surface area contributed by atoms with Crippen molar-refractivity contribution in [2.75, 3.05) is 41.8 Å². The maximum atomic E-state index is 13.1. The van der Waals surface area contributed by atoms with E-state index >= 15 is 0 Å². The lowest BCUT2D eigenvalue weighted by Gasteiger charge is -2.28. The predicted molar refractivity (Wildman–Crippen MR) is 135 cm³/mol. The molecular weight excluding hydrogens is 458 g/mol. The van der Waals surface area contributed by atoms with Crippen molar-refractivity contribution in [3.05, 3.63) is 84.1 Å². The van der Waals surface area contributed by atoms with E-state index in [4.69, 9.17) is 14.1 Å². The molecule has 0 aliphatic carbocycles. The first-order chi connectivity index (χ1) is 17.8. The quantitative estimate of drug-likeness (QED) is 0.446. The molecule has 1 atom stereocenters. The van der Waals surface area contributed by atoms with Crippen LogP contribution in [0.2, 0.25) is 0 Å². The lowest BCUT2D eigenvalue weighted by molar-refractivity contribution is -0.116. The molecule has 10 heteroatoms. The number of aliphatic imine (C=N–C) groups is 1. The number of benzodiazepines with no additional fused rings is 1. The standard InChI is InChI=1S/C26H23N7O3/c34-24-22(29-21(17-7-2-1-3-8-17)18-9-4-5-11-20(18)28-24)30-26-32-31-25(36-26)19-10-6-12-27-23(19)33-13-15-35-16-14-33/h1-12,22H,13-16H2,(H,28,34)(H,30,32)/t22-/m1/s1. The molecule has 1 fully saturated rings. The summed E-state index contributed by atoms with van der Waals surface area (Å²) in [4.78, 5) is 24.5. The number of benzene rings is 2. The topological polar surface area (TPSA) is 118 Å². The van der Waals surface area contributed by atoms with Crippen molar-refractivity contribution in [3.63, 3.8) is 0 Å². The van der Waals surface area contributed by atoms with Crippen LogP contribution in [0.5, 0.6) is 0 Å². The molecule has 4 aromatic rings. The van der Waals surface area contributed by atoms with Crippen LogP contribution >= 0.6 is 0 Å². The molecule has 2 aromatic carbocycles. The zero-order valence-electron chi connectivity index (χ0n) is 19.3. The number of amides is 1. The summed E-state index contributed by atoms with van der Waals surface area (Å²) in [5.74, 6) is 0.725. The summed E-state index contributed by atoms with van der Waals surface area (Å²) in [6, 6.07) is 21.1. The molecule has 0 radical (unpaired) electrons. The van der Waals surface area contributed by atoms with Gasteiger partial charge in [-0.3, -0.25) is 4.79 Å². The summed E-state index contributed by atoms with van der Waals surface area (Å²) in [6.07, 6.45) is 0.755. The fraction of sp³-hybridized carbons (Fsp3) is 0.192. The number of ether oxygens (including phenoxy) is 1. The minimum absolute atomic E-state index is 0.0871. The van der Waals surface area contributed by atoms with Crippen LogP contribution in [0.15, 0.2) is 82.3 Å². The average Bonchev–Trinajstić information content (AvgIpc) is 3.35. The predicted octanol–water partition coefficient (Wildman–Crippen LogP) is 3.20. The summed E-state index contributed by atoms with van der Waals surface area (Å²) in [5, 5.41) is 14.3. The van der Waals surface area contributed by atoms with Gasteiger partial charge in [-0.25, -0.2) is 9.98 Å². The van der Waals surface area contributed by atoms with Gasteiger partial charge in [0.15, 0.2) is 0 Å². The Kier molecular flexibility index (Phi) is 5.84. The maximum Gasteiger partial charge on any atom is 0.317 e. The Hall–Kier alpha value is -4.57. The summed E-state index contributed by atoms with van der Waals surface area (Å²) >= 11 is 0. The van der Waals surface area contributed by atoms with Gasteiger partial charge in [-0.15, -0.1) is 5.10 Å². The molecule has 10 nitrogen and oxygen atoms in total. The summed E-state index contributed by atoms with van der Waals surface area (Å²) in [7, 11) is 0. The molecule has 4 heterocycles. The number of pyridine rings is 1. The molecule has 0 spiro atoms. The van der Waals surface area contributed by atoms with Crippen molar-refractivity contribution in [1.29, 1.82) is 0 Å². The highest BCUT2D eigenvalue weighted by molar-refractivity contribution is 6.19. The van der Waals surface area contributed by atoms with Gasteiger partial charge in [0.25, 0.3) is 11.8 Å². The first-order valence-corrected chi connectivity index (χ1v) is 11.7. The lowest BCUT2D eigenvalue weighted by atomic mass is 10.0. The normalized spacial score (nSPS) is 17.6. The van der Waals surface area contributed by atoms with E-state index in [1.807, 2.05) is 66.7 Å². The first-order valence-electron chi connectivity index (χ1n) is 11.7. The molecule has 0 saturated carbocycles. The molecule has 180 valence electrons. The van der Waals surface area contributed by atoms with Crippen molar-refractivity contribution in [3.8, 4) is 11.5 Å². The Morgan fingerprint density at radius 2 is 1.69 bits per heavy atom. The van der Waals surface area contributed by atoms with Gasteiger partial charge >= 0.3 is 6.01 Å². The molecule has 2 aromatic heterocycles. The van der Waals surface area contributed by atoms with E-state index in [-0.39, 0.29) is 11.9 Å². The molecule has 1 saturated heterocycles. The lowest BCUT2D eigenvalue weighted by Crippen LogP contribution is -2.37. The zero-order valence-corrected chi connectivity index (χ0v) is 19.3. The molecule has 1 amide bonds. The highest BCUT2D eigenvalue weighted by atomic mass is 16.5. The van der Waals surface area contributed by atoms with E-state index in [0.29, 0.717) is 36.1 Å². The molecular formula is C26H23N7O3. The highest BCUT2D eigenvalue weighted by Gasteiger charge is 2.28. The largest absolute Gasteiger partial charge is 0.403 e. The van der Waals surface area contributed by atoms with Crippen molar-refractivity contribution in [2.24, 2.45) is 4.99 Å². The Morgan fingerprint density at radius 3 is 2.56 bits per heavy atom. The molecule has 6 rings (SSSR count). The highest BCUT2D eigenvalue weighted by Crippen LogP contribution is 2.30. The van der Waals surface area contributed by atoms with Crippen molar-refractivity contribution < 1.29 is 13.9 Å². The first kappa shape index (κ1) is 21.9. The van der Waals surface area contributed by atoms with Gasteiger partial charge in [0, 0.05) is 30.4 Å². The van der Waals surface area contributed by atoms with Crippen molar-refractivity contribution in [2.45, 2.75) is 6.17 Å². The minimum Gasteiger partial charge on any atom is -0.403 e. The van der Waals surface area contributed by atoms with Gasteiger partial charge < -0.3 is 24.7 Å². The average molecular weight is 482 g/mol. The second-order valence-electron chi connectivity index (χ2n) is 8.31. The van der Waals surface area contributed by atoms with Crippen LogP contribution in [-0.2, 0) is 9.53 Å². The smallest absolute Gasteiger partial charge is 0.317 e. The third kappa shape index (κ3) is 4.29. The van der Waals surface area contributed by atoms with E-state index < -0.39 is 6.17 Å². The number of anilines is 3. The number of nitrogens with zero attached hydrogens (tertiary/aromatic N) is 5. The Labute approximate surface area is 207 Å². The fourth-order valence-corrected chi connectivity index (χ4v) is 4.28. The van der Waals surface area contributed by atoms with Crippen molar-refractivity contribution in [1.82, 2.24) is 15.2 Å². The molecule has 2 N–H and O–H groups in total. The Balaban J connectivity index is 1.32. The molecule has 2 aliphatic rings. The number of hydrogen-bond acceptors (Lipinski definition) is 9. The molecule has 2 aliphatic heterocycles. The maximum absolute atomic E-state index is 13.1. The van der Waals surface area contributed by atoms with Gasteiger partial charge in [-0.1, -0.05) is 53.6 Å². The molecule has 0 bridgehead atoms. The SMILES string of the molecule is O=C1Nc2ccccc2C(c2ccccc2)=N[C@@H]1Nc1nnc(-c2cccnc2N2CCOCC2)o1. The van der Waals surface area contributed by atoms with Crippen LogP contribution in [0.4, 0.5) is 17.5 Å². The van der Waals surface area contributed by atoms with Gasteiger partial charge in [0.05, 0.1) is 30.2 Å². The third-order valence-corrected chi connectivity index (χ3v) is 6.01. The van der Waals surface area contributed by atoms with Crippen LogP contribution in [0, 0.1) is 0 Å². The Morgan fingerprint density at radius 1 is 0.917 bits per heavy atom. The summed E-state index contributed by atoms with van der Waals surface area (Å²) in [5.41, 5.74) is 3.81. The number of aromatic nitrogens is 3. The van der Waals surface area contributed by atoms with Crippen LogP contribution in [-0.4, -0.2) is 59.3 Å². The van der Waals surface area contributed by atoms with Crippen LogP contribution in [0.3, 0.4) is 0 Å². The van der Waals surface area contributed by atoms with E-state index in [1.165, 1.54) is 0 Å². The Bertz CT molecular complexity index is 1410. The molecule has 0 unspecified atom stereocenters. The number of carbonyl (C=O) groups is 1.